The molecule has 0 aliphatic rings. The van der Waals surface area contributed by atoms with Gasteiger partial charge in [0, 0.05) is 29.9 Å². The molecular formula is C55H88N14O17. The minimum absolute atomic E-state index is 0.0607. The normalized spacial score (nSPS) is 15.2. The van der Waals surface area contributed by atoms with E-state index in [1.807, 2.05) is 0 Å². The van der Waals surface area contributed by atoms with Gasteiger partial charge >= 0.3 is 11.9 Å². The fraction of sp³-hybridized carbons (Fsp3) is 0.618. The van der Waals surface area contributed by atoms with Crippen molar-refractivity contribution in [2.24, 2.45) is 35.0 Å². The standard InChI is InChI=1S/C55H88N14O17/c1-26(2)19-36(61-42(73)23-57)49(79)67-40(25-70)52(82)68-44(28(5)6)53(83)65-38(22-41(58)72)50(80)64-37(21-31-24-59-33-14-10-9-13-32(31)33)51(81)69-45(30(8)71)54(84)63-34(15-11-12-18-56)48(78)62-35(16-17-43(74)75)47(77)60-29(7)46(76)66-39(55(85)86)20-27(3)4/h9-10,13-14,24,26-30,34-40,44-45,59,70-71H,11-12,15-23,25,56-57H2,1-8H3,(H2,58,72)(H,60,77)(H,61,73)(H,62,78)(H,63,84)(H,64,80)(H,65,83)(H,66,76)(H,67,79)(H,68,82)(H,69,81)(H,74,75)(H,85,86)/t29-,30+,34-,35-,36-,37-,38-,39-,40-,44-,45-/m0/s1. The molecule has 0 unspecified atom stereocenters. The molecule has 0 fully saturated rings. The highest BCUT2D eigenvalue weighted by Gasteiger charge is 2.38. The summed E-state index contributed by atoms with van der Waals surface area (Å²) in [5, 5.41) is 64.9. The molecule has 2 aromatic rings. The van der Waals surface area contributed by atoms with E-state index in [0.717, 1.165) is 6.92 Å². The van der Waals surface area contributed by atoms with E-state index in [-0.39, 0.29) is 50.5 Å². The van der Waals surface area contributed by atoms with Crippen LogP contribution in [0.4, 0.5) is 0 Å². The number of carboxylic acids is 2. The van der Waals surface area contributed by atoms with Crippen molar-refractivity contribution >= 4 is 87.8 Å². The molecule has 1 aromatic carbocycles. The number of rotatable bonds is 39. The highest BCUT2D eigenvalue weighted by molar-refractivity contribution is 6.00. The van der Waals surface area contributed by atoms with Crippen LogP contribution in [0.3, 0.4) is 0 Å². The Morgan fingerprint density at radius 3 is 1.58 bits per heavy atom. The lowest BCUT2D eigenvalue weighted by molar-refractivity contribution is -0.142. The number of carboxylic acid groups (broad SMARTS) is 2. The first-order valence-electron chi connectivity index (χ1n) is 28.3. The molecule has 0 aliphatic heterocycles. The van der Waals surface area contributed by atoms with Crippen LogP contribution >= 0.6 is 0 Å². The van der Waals surface area contributed by atoms with Crippen molar-refractivity contribution in [3.8, 4) is 0 Å². The SMILES string of the molecule is CC(C)C[C@H](NC(=O)[C@H](C)NC(=O)[C@H](CCC(=O)O)NC(=O)[C@H](CCCCN)NC(=O)[C@@H](NC(=O)[C@H](Cc1c[nH]c2ccccc12)NC(=O)[C@H](CC(N)=O)NC(=O)[C@@H](NC(=O)[C@H](CO)NC(=O)[C@H](CC(C)C)NC(=O)CN)C(C)C)[C@@H](C)O)C(=O)O. The number of aromatic nitrogens is 1. The van der Waals surface area contributed by atoms with E-state index >= 15 is 0 Å². The minimum atomic E-state index is -1.90. The maximum absolute atomic E-state index is 14.6. The van der Waals surface area contributed by atoms with Crippen LogP contribution in [0.5, 0.6) is 0 Å². The van der Waals surface area contributed by atoms with Crippen LogP contribution in [0, 0.1) is 17.8 Å². The summed E-state index contributed by atoms with van der Waals surface area (Å²) in [6.07, 6.45) is -2.05. The molecule has 31 nitrogen and oxygen atoms in total. The summed E-state index contributed by atoms with van der Waals surface area (Å²) in [5.74, 6) is -14.8. The van der Waals surface area contributed by atoms with E-state index in [0.29, 0.717) is 22.9 Å². The summed E-state index contributed by atoms with van der Waals surface area (Å²) in [6, 6.07) is -8.80. The summed E-state index contributed by atoms with van der Waals surface area (Å²) in [6.45, 7) is 11.1. The molecule has 2 rings (SSSR count). The lowest BCUT2D eigenvalue weighted by atomic mass is 10.0. The largest absolute Gasteiger partial charge is 0.481 e. The second-order valence-electron chi connectivity index (χ2n) is 22.1. The molecule has 0 aliphatic carbocycles. The third-order valence-electron chi connectivity index (χ3n) is 13.4. The van der Waals surface area contributed by atoms with Gasteiger partial charge in [0.05, 0.1) is 25.7 Å². The first-order chi connectivity index (χ1) is 40.3. The highest BCUT2D eigenvalue weighted by Crippen LogP contribution is 2.20. The highest BCUT2D eigenvalue weighted by atomic mass is 16.4. The molecule has 1 aromatic heterocycles. The second kappa shape index (κ2) is 36.5. The lowest BCUT2D eigenvalue weighted by Crippen LogP contribution is -2.62. The molecule has 11 atom stereocenters. The van der Waals surface area contributed by atoms with Gasteiger partial charge in [-0.1, -0.05) is 59.7 Å². The number of aliphatic hydroxyl groups excluding tert-OH is 2. The van der Waals surface area contributed by atoms with Crippen LogP contribution in [0.1, 0.15) is 112 Å². The van der Waals surface area contributed by atoms with Gasteiger partial charge in [-0.15, -0.1) is 0 Å². The Balaban J connectivity index is 2.51. The zero-order valence-electron chi connectivity index (χ0n) is 49.8. The molecule has 480 valence electrons. The molecule has 0 radical (unpaired) electrons. The first-order valence-corrected chi connectivity index (χ1v) is 28.3. The number of primary amides is 1. The number of carbonyl (C=O) groups excluding carboxylic acids is 11. The number of unbranched alkanes of at least 4 members (excludes halogenated alkanes) is 1. The topological polar surface area (TPSA) is 517 Å². The van der Waals surface area contributed by atoms with E-state index in [9.17, 15) is 82.8 Å². The maximum Gasteiger partial charge on any atom is 0.326 e. The smallest absolute Gasteiger partial charge is 0.326 e. The van der Waals surface area contributed by atoms with Gasteiger partial charge in [0.15, 0.2) is 0 Å². The summed E-state index contributed by atoms with van der Waals surface area (Å²) in [5.41, 5.74) is 17.7. The van der Waals surface area contributed by atoms with Crippen molar-refractivity contribution in [3.05, 3.63) is 36.0 Å². The second-order valence-corrected chi connectivity index (χ2v) is 22.1. The van der Waals surface area contributed by atoms with Crippen LogP contribution in [-0.4, -0.2) is 189 Å². The van der Waals surface area contributed by atoms with E-state index in [2.05, 4.69) is 58.2 Å². The van der Waals surface area contributed by atoms with Gasteiger partial charge in [-0.25, -0.2) is 4.79 Å². The van der Waals surface area contributed by atoms with Gasteiger partial charge in [-0.3, -0.25) is 57.5 Å². The molecule has 0 bridgehead atoms. The fourth-order valence-corrected chi connectivity index (χ4v) is 8.75. The Hall–Kier alpha value is -8.29. The van der Waals surface area contributed by atoms with Crippen LogP contribution in [0.15, 0.2) is 30.5 Å². The number of aromatic amines is 1. The Bertz CT molecular complexity index is 2680. The number of carbonyl (C=O) groups is 13. The van der Waals surface area contributed by atoms with Crippen molar-refractivity contribution in [3.63, 3.8) is 0 Å². The zero-order chi connectivity index (χ0) is 65.1. The van der Waals surface area contributed by atoms with E-state index in [1.54, 1.807) is 52.0 Å². The molecule has 0 saturated carbocycles. The predicted molar refractivity (Wildman–Crippen MR) is 310 cm³/mol. The number of amides is 11. The zero-order valence-corrected chi connectivity index (χ0v) is 49.8. The van der Waals surface area contributed by atoms with Crippen LogP contribution in [0.25, 0.3) is 10.9 Å². The Morgan fingerprint density at radius 1 is 0.535 bits per heavy atom. The van der Waals surface area contributed by atoms with Gasteiger partial charge in [-0.2, -0.15) is 0 Å². The predicted octanol–water partition coefficient (Wildman–Crippen LogP) is -4.39. The van der Waals surface area contributed by atoms with E-state index in [1.165, 1.54) is 27.0 Å². The third kappa shape index (κ3) is 25.1. The monoisotopic (exact) mass is 1220 g/mol. The number of nitrogens with one attached hydrogen (secondary N) is 11. The van der Waals surface area contributed by atoms with Crippen molar-refractivity contribution in [2.75, 3.05) is 19.7 Å². The lowest BCUT2D eigenvalue weighted by Gasteiger charge is -2.29. The minimum Gasteiger partial charge on any atom is -0.481 e. The number of H-pyrrole nitrogens is 1. The van der Waals surface area contributed by atoms with Crippen molar-refractivity contribution in [1.29, 1.82) is 0 Å². The number of hydrogen-bond acceptors (Lipinski definition) is 17. The first kappa shape index (κ1) is 73.8. The van der Waals surface area contributed by atoms with Gasteiger partial charge in [0.1, 0.15) is 60.4 Å². The van der Waals surface area contributed by atoms with Crippen LogP contribution in [0.2, 0.25) is 0 Å². The van der Waals surface area contributed by atoms with Crippen molar-refractivity contribution in [1.82, 2.24) is 58.2 Å². The average Bonchev–Trinajstić information content (AvgIpc) is 3.41. The third-order valence-corrected chi connectivity index (χ3v) is 13.4. The Morgan fingerprint density at radius 2 is 1.02 bits per heavy atom. The van der Waals surface area contributed by atoms with Gasteiger partial charge in [0.2, 0.25) is 65.0 Å². The number of para-hydroxylation sites is 1. The van der Waals surface area contributed by atoms with Crippen molar-refractivity contribution < 1.29 is 82.8 Å². The summed E-state index contributed by atoms with van der Waals surface area (Å²) >= 11 is 0. The van der Waals surface area contributed by atoms with Gasteiger partial charge in [-0.05, 0) is 88.3 Å². The molecule has 1 heterocycles. The molecule has 86 heavy (non-hydrogen) atoms. The van der Waals surface area contributed by atoms with Crippen LogP contribution in [-0.2, 0) is 68.7 Å². The summed E-state index contributed by atoms with van der Waals surface area (Å²) < 4.78 is 0. The van der Waals surface area contributed by atoms with E-state index in [4.69, 9.17) is 17.2 Å². The number of benzene rings is 1. The molecule has 0 saturated heterocycles. The Labute approximate surface area is 497 Å². The fourth-order valence-electron chi connectivity index (χ4n) is 8.75. The number of fused-ring (bicyclic) bond motifs is 1. The summed E-state index contributed by atoms with van der Waals surface area (Å²) in [4.78, 5) is 176. The molecule has 31 heteroatoms. The van der Waals surface area contributed by atoms with Gasteiger partial charge in [0.25, 0.3) is 0 Å². The average molecular weight is 1220 g/mol. The molecule has 11 amide bonds. The van der Waals surface area contributed by atoms with Crippen LogP contribution < -0.4 is 70.4 Å². The van der Waals surface area contributed by atoms with Gasteiger partial charge < -0.3 is 95.8 Å². The molecular weight excluding hydrogens is 1130 g/mol. The number of nitrogens with two attached hydrogens (primary N) is 3. The molecule has 0 spiro atoms. The van der Waals surface area contributed by atoms with E-state index < -0.39 is 182 Å². The summed E-state index contributed by atoms with van der Waals surface area (Å²) in [7, 11) is 0. The number of aliphatic hydroxyl groups is 2. The van der Waals surface area contributed by atoms with Crippen molar-refractivity contribution in [2.45, 2.75) is 180 Å². The quantitative estimate of drug-likeness (QED) is 0.0281. The number of hydrogen-bond donors (Lipinski definition) is 18. The molecule has 21 N–H and O–H groups in total. The number of aliphatic carboxylic acids is 2. The maximum atomic E-state index is 14.6. The Kier molecular flexibility index (Phi) is 31.4.